The Kier molecular flexibility index (Phi) is 2.92. The third kappa shape index (κ3) is 1.94. The Morgan fingerprint density at radius 3 is 2.41 bits per heavy atom. The van der Waals surface area contributed by atoms with Gasteiger partial charge in [0, 0.05) is 16.8 Å². The summed E-state index contributed by atoms with van der Waals surface area (Å²) < 4.78 is 17.9. The molecule has 1 aliphatic heterocycles. The predicted octanol–water partition coefficient (Wildman–Crippen LogP) is 2.35. The second-order valence-electron chi connectivity index (χ2n) is 4.63. The number of rotatable bonds is 2. The molecule has 0 amide bonds. The van der Waals surface area contributed by atoms with Crippen molar-refractivity contribution < 1.29 is 14.4 Å². The largest absolute Gasteiger partial charge is 0.497 e. The van der Waals surface area contributed by atoms with Crippen LogP contribution in [0.1, 0.15) is 13.3 Å². The van der Waals surface area contributed by atoms with Gasteiger partial charge in [0.15, 0.2) is 0 Å². The summed E-state index contributed by atoms with van der Waals surface area (Å²) in [6.07, 6.45) is 1.00. The third-order valence-corrected chi connectivity index (χ3v) is 6.80. The molecule has 1 heterocycles. The third-order valence-electron chi connectivity index (χ3n) is 3.46. The number of hydrogen-bond acceptors (Lipinski definition) is 3. The lowest BCUT2D eigenvalue weighted by Gasteiger charge is -2.20. The van der Waals surface area contributed by atoms with E-state index in [-0.39, 0.29) is 0 Å². The fraction of sp³-hybridized carbons (Fsp3) is 0.385. The van der Waals surface area contributed by atoms with Gasteiger partial charge in [-0.1, -0.05) is 6.58 Å². The average Bonchev–Trinajstić information content (AvgIpc) is 2.55. The van der Waals surface area contributed by atoms with Gasteiger partial charge in [0.1, 0.15) is 12.9 Å². The molecule has 1 N–H and O–H groups in total. The summed E-state index contributed by atoms with van der Waals surface area (Å²) in [5, 5.41) is 11.3. The molecule has 1 aliphatic rings. The van der Waals surface area contributed by atoms with Crippen molar-refractivity contribution in [3.8, 4) is 5.75 Å². The molecule has 17 heavy (non-hydrogen) atoms. The summed E-state index contributed by atoms with van der Waals surface area (Å²) in [6, 6.07) is 7.17. The minimum absolute atomic E-state index is 0.468. The van der Waals surface area contributed by atoms with Crippen molar-refractivity contribution in [1.29, 1.82) is 0 Å². The molecule has 92 valence electrons. The Balaban J connectivity index is 2.40. The summed E-state index contributed by atoms with van der Waals surface area (Å²) in [4.78, 5) is 0. The summed E-state index contributed by atoms with van der Waals surface area (Å²) >= 11 is 0. The van der Waals surface area contributed by atoms with Gasteiger partial charge in [0.25, 0.3) is 0 Å². The fourth-order valence-corrected chi connectivity index (χ4v) is 5.26. The zero-order valence-corrected chi connectivity index (χ0v) is 11.0. The molecule has 0 saturated carbocycles. The van der Waals surface area contributed by atoms with Gasteiger partial charge < -0.3 is 14.4 Å². The fourth-order valence-electron chi connectivity index (χ4n) is 2.15. The first-order valence-corrected chi connectivity index (χ1v) is 7.45. The quantitative estimate of drug-likeness (QED) is 0.822. The highest BCUT2D eigenvalue weighted by atomic mass is 31.2. The number of ether oxygens (including phenoxy) is 1. The molecule has 0 unspecified atom stereocenters. The SMILES string of the molecule is C=C1[C@](C)(O)CC[P@@]1(=O)c1ccc(OC)cc1. The van der Waals surface area contributed by atoms with E-state index in [1.807, 2.05) is 0 Å². The molecule has 0 radical (unpaired) electrons. The summed E-state index contributed by atoms with van der Waals surface area (Å²) in [5.74, 6) is 0.733. The minimum Gasteiger partial charge on any atom is -0.497 e. The van der Waals surface area contributed by atoms with Crippen molar-refractivity contribution in [3.05, 3.63) is 36.2 Å². The van der Waals surface area contributed by atoms with Crippen LogP contribution in [0.25, 0.3) is 0 Å². The zero-order valence-electron chi connectivity index (χ0n) is 10.1. The van der Waals surface area contributed by atoms with Gasteiger partial charge in [-0.15, -0.1) is 0 Å². The van der Waals surface area contributed by atoms with Crippen LogP contribution in [0.4, 0.5) is 0 Å². The van der Waals surface area contributed by atoms with Crippen molar-refractivity contribution in [2.75, 3.05) is 13.3 Å². The lowest BCUT2D eigenvalue weighted by molar-refractivity contribution is 0.110. The molecule has 2 rings (SSSR count). The molecular weight excluding hydrogens is 235 g/mol. The van der Waals surface area contributed by atoms with Crippen LogP contribution in [0.2, 0.25) is 0 Å². The van der Waals surface area contributed by atoms with E-state index in [4.69, 9.17) is 4.74 Å². The number of benzene rings is 1. The summed E-state index contributed by atoms with van der Waals surface area (Å²) in [6.45, 7) is 5.51. The Morgan fingerprint density at radius 1 is 1.41 bits per heavy atom. The molecule has 0 aromatic heterocycles. The van der Waals surface area contributed by atoms with Crippen LogP contribution < -0.4 is 10.0 Å². The van der Waals surface area contributed by atoms with Crippen LogP contribution in [-0.2, 0) is 4.57 Å². The van der Waals surface area contributed by atoms with Crippen molar-refractivity contribution in [3.63, 3.8) is 0 Å². The highest BCUT2D eigenvalue weighted by Gasteiger charge is 2.45. The topological polar surface area (TPSA) is 46.5 Å². The molecule has 1 saturated heterocycles. The van der Waals surface area contributed by atoms with Gasteiger partial charge in [0.05, 0.1) is 12.7 Å². The van der Waals surface area contributed by atoms with E-state index in [9.17, 15) is 9.67 Å². The van der Waals surface area contributed by atoms with Crippen LogP contribution in [0, 0.1) is 0 Å². The van der Waals surface area contributed by atoms with Gasteiger partial charge in [-0.05, 0) is 37.6 Å². The predicted molar refractivity (Wildman–Crippen MR) is 69.5 cm³/mol. The number of methoxy groups -OCH3 is 1. The highest BCUT2D eigenvalue weighted by Crippen LogP contribution is 2.62. The standard InChI is InChI=1S/C13H17O3P/c1-10-13(2,14)8-9-17(10,15)12-6-4-11(16-3)5-7-12/h4-7,14H,1,8-9H2,2-3H3/t13-,17+/m1/s1. The van der Waals surface area contributed by atoms with Crippen LogP contribution in [0.15, 0.2) is 36.2 Å². The average molecular weight is 252 g/mol. The van der Waals surface area contributed by atoms with Gasteiger partial charge in [-0.2, -0.15) is 0 Å². The van der Waals surface area contributed by atoms with E-state index in [1.54, 1.807) is 38.3 Å². The van der Waals surface area contributed by atoms with Crippen LogP contribution in [0.5, 0.6) is 5.75 Å². The lowest BCUT2D eigenvalue weighted by atomic mass is 10.1. The number of aliphatic hydroxyl groups is 1. The molecule has 0 spiro atoms. The molecule has 4 heteroatoms. The van der Waals surface area contributed by atoms with Gasteiger partial charge in [-0.25, -0.2) is 0 Å². The van der Waals surface area contributed by atoms with Crippen molar-refractivity contribution in [1.82, 2.24) is 0 Å². The van der Waals surface area contributed by atoms with Crippen molar-refractivity contribution in [2.24, 2.45) is 0 Å². The Morgan fingerprint density at radius 2 is 2.00 bits per heavy atom. The second kappa shape index (κ2) is 4.01. The maximum Gasteiger partial charge on any atom is 0.141 e. The maximum atomic E-state index is 12.9. The molecule has 0 bridgehead atoms. The Hall–Kier alpha value is -1.05. The van der Waals surface area contributed by atoms with Gasteiger partial charge in [0.2, 0.25) is 0 Å². The first-order valence-electron chi connectivity index (χ1n) is 5.56. The monoisotopic (exact) mass is 252 g/mol. The molecule has 1 aromatic rings. The van der Waals surface area contributed by atoms with E-state index in [0.717, 1.165) is 11.1 Å². The molecule has 2 atom stereocenters. The van der Waals surface area contributed by atoms with E-state index >= 15 is 0 Å². The zero-order chi connectivity index (χ0) is 12.7. The van der Waals surface area contributed by atoms with Gasteiger partial charge >= 0.3 is 0 Å². The first-order chi connectivity index (χ1) is 7.90. The minimum atomic E-state index is -2.67. The van der Waals surface area contributed by atoms with Crippen LogP contribution in [0.3, 0.4) is 0 Å². The van der Waals surface area contributed by atoms with E-state index < -0.39 is 12.7 Å². The maximum absolute atomic E-state index is 12.9. The molecule has 0 aliphatic carbocycles. The second-order valence-corrected chi connectivity index (χ2v) is 7.61. The normalized spacial score (nSPS) is 32.8. The summed E-state index contributed by atoms with van der Waals surface area (Å²) in [5.41, 5.74) is -1.00. The Labute approximate surface area is 101 Å². The Bertz CT molecular complexity index is 488. The molecule has 1 aromatic carbocycles. The summed E-state index contributed by atoms with van der Waals surface area (Å²) in [7, 11) is -1.07. The number of hydrogen-bond donors (Lipinski definition) is 1. The molecule has 1 fully saturated rings. The van der Waals surface area contributed by atoms with E-state index in [2.05, 4.69) is 6.58 Å². The smallest absolute Gasteiger partial charge is 0.141 e. The van der Waals surface area contributed by atoms with Crippen molar-refractivity contribution in [2.45, 2.75) is 18.9 Å². The van der Waals surface area contributed by atoms with Crippen LogP contribution in [-0.4, -0.2) is 24.0 Å². The van der Waals surface area contributed by atoms with Gasteiger partial charge in [-0.3, -0.25) is 0 Å². The van der Waals surface area contributed by atoms with E-state index in [0.29, 0.717) is 17.9 Å². The first kappa shape index (κ1) is 12.4. The van der Waals surface area contributed by atoms with Crippen molar-refractivity contribution >= 4 is 12.4 Å². The molecule has 3 nitrogen and oxygen atoms in total. The molecular formula is C13H17O3P. The van der Waals surface area contributed by atoms with E-state index in [1.165, 1.54) is 0 Å². The van der Waals surface area contributed by atoms with Crippen LogP contribution >= 0.6 is 7.14 Å². The highest BCUT2D eigenvalue weighted by molar-refractivity contribution is 7.76. The lowest BCUT2D eigenvalue weighted by Crippen LogP contribution is -2.21.